The smallest absolute Gasteiger partial charge is 0.298 e. The third kappa shape index (κ3) is 2.65. The fraction of sp³-hybridized carbons (Fsp3) is 0.500. The van der Waals surface area contributed by atoms with E-state index in [0.29, 0.717) is 11.0 Å². The standard InChI is InChI=1S/C12H17N5O2/c1-5-6-9-10-11(16(4)14-9)12(18)17(15-13-10)7-19-8(2)3/h8H,2-3,5-7H2,1,4H3. The Labute approximate surface area is 111 Å². The number of nitrogens with zero attached hydrogens (tertiary/aromatic N) is 5. The van der Waals surface area contributed by atoms with Gasteiger partial charge in [0.05, 0.1) is 11.8 Å². The molecule has 7 nitrogen and oxygen atoms in total. The van der Waals surface area contributed by atoms with Crippen LogP contribution in [-0.2, 0) is 24.9 Å². The molecule has 0 amide bonds. The molecule has 0 saturated carbocycles. The lowest BCUT2D eigenvalue weighted by atomic mass is 10.2. The fourth-order valence-electron chi connectivity index (χ4n) is 1.84. The molecule has 0 unspecified atom stereocenters. The van der Waals surface area contributed by atoms with E-state index in [1.165, 1.54) is 0 Å². The van der Waals surface area contributed by atoms with Crippen molar-refractivity contribution in [1.82, 2.24) is 24.8 Å². The van der Waals surface area contributed by atoms with Crippen molar-refractivity contribution in [3.8, 4) is 0 Å². The highest BCUT2D eigenvalue weighted by atomic mass is 16.5. The Morgan fingerprint density at radius 1 is 1.42 bits per heavy atom. The molecule has 0 saturated heterocycles. The van der Waals surface area contributed by atoms with Gasteiger partial charge in [-0.05, 0) is 20.3 Å². The van der Waals surface area contributed by atoms with Crippen molar-refractivity contribution in [2.24, 2.45) is 7.05 Å². The summed E-state index contributed by atoms with van der Waals surface area (Å²) < 4.78 is 7.84. The molecule has 19 heavy (non-hydrogen) atoms. The number of hydrogen-bond acceptors (Lipinski definition) is 5. The monoisotopic (exact) mass is 263 g/mol. The lowest BCUT2D eigenvalue weighted by Crippen LogP contribution is -2.27. The molecule has 0 spiro atoms. The van der Waals surface area contributed by atoms with E-state index in [4.69, 9.17) is 4.74 Å². The molecule has 0 aromatic carbocycles. The Hall–Kier alpha value is -1.76. The summed E-state index contributed by atoms with van der Waals surface area (Å²) in [6, 6.07) is 0. The lowest BCUT2D eigenvalue weighted by molar-refractivity contribution is 0.0446. The summed E-state index contributed by atoms with van der Waals surface area (Å²) in [6.07, 6.45) is 1.24. The van der Waals surface area contributed by atoms with E-state index in [0.717, 1.165) is 23.2 Å². The van der Waals surface area contributed by atoms with Gasteiger partial charge < -0.3 is 4.74 Å². The predicted octanol–water partition coefficient (Wildman–Crippen LogP) is 0.488. The van der Waals surface area contributed by atoms with Gasteiger partial charge in [-0.1, -0.05) is 18.6 Å². The van der Waals surface area contributed by atoms with Gasteiger partial charge in [-0.3, -0.25) is 9.48 Å². The Balaban J connectivity index is 2.47. The van der Waals surface area contributed by atoms with E-state index in [-0.39, 0.29) is 12.3 Å². The van der Waals surface area contributed by atoms with Crippen molar-refractivity contribution in [3.05, 3.63) is 29.9 Å². The zero-order chi connectivity index (χ0) is 14.0. The average Bonchev–Trinajstić information content (AvgIpc) is 2.66. The summed E-state index contributed by atoms with van der Waals surface area (Å²) in [5, 5.41) is 12.2. The van der Waals surface area contributed by atoms with Gasteiger partial charge in [-0.2, -0.15) is 9.78 Å². The number of hydrogen-bond donors (Lipinski definition) is 0. The van der Waals surface area contributed by atoms with Crippen LogP contribution >= 0.6 is 0 Å². The number of aryl methyl sites for hydroxylation is 2. The summed E-state index contributed by atoms with van der Waals surface area (Å²) in [5.74, 6) is 0. The van der Waals surface area contributed by atoms with Crippen LogP contribution in [0.5, 0.6) is 0 Å². The Bertz CT molecular complexity index is 629. The van der Waals surface area contributed by atoms with E-state index in [9.17, 15) is 4.79 Å². The summed E-state index contributed by atoms with van der Waals surface area (Å²) >= 11 is 0. The zero-order valence-corrected chi connectivity index (χ0v) is 11.2. The minimum absolute atomic E-state index is 0.0201. The van der Waals surface area contributed by atoms with Crippen LogP contribution in [0, 0.1) is 13.8 Å². The van der Waals surface area contributed by atoms with Crippen molar-refractivity contribution in [1.29, 1.82) is 0 Å². The first-order valence-electron chi connectivity index (χ1n) is 6.11. The van der Waals surface area contributed by atoms with E-state index < -0.39 is 6.10 Å². The maximum Gasteiger partial charge on any atom is 0.298 e. The van der Waals surface area contributed by atoms with Crippen molar-refractivity contribution >= 4 is 11.0 Å². The zero-order valence-electron chi connectivity index (χ0n) is 11.2. The molecule has 0 atom stereocenters. The number of rotatable bonds is 5. The minimum Gasteiger partial charge on any atom is -0.356 e. The topological polar surface area (TPSA) is 74.8 Å². The van der Waals surface area contributed by atoms with E-state index in [1.54, 1.807) is 11.7 Å². The summed E-state index contributed by atoms with van der Waals surface area (Å²) in [5.41, 5.74) is 1.52. The lowest BCUT2D eigenvalue weighted by Gasteiger charge is -2.07. The van der Waals surface area contributed by atoms with Crippen LogP contribution in [0.4, 0.5) is 0 Å². The van der Waals surface area contributed by atoms with E-state index in [2.05, 4.69) is 29.3 Å². The maximum atomic E-state index is 12.3. The van der Waals surface area contributed by atoms with Gasteiger partial charge in [-0.25, -0.2) is 0 Å². The highest BCUT2D eigenvalue weighted by Gasteiger charge is 2.15. The molecule has 0 aliphatic heterocycles. The molecule has 2 aromatic rings. The minimum atomic E-state index is -0.466. The molecular weight excluding hydrogens is 246 g/mol. The first kappa shape index (κ1) is 13.7. The van der Waals surface area contributed by atoms with Gasteiger partial charge in [0.15, 0.2) is 5.52 Å². The molecule has 0 bridgehead atoms. The molecule has 2 aromatic heterocycles. The van der Waals surface area contributed by atoms with Crippen LogP contribution in [0.25, 0.3) is 11.0 Å². The second-order valence-electron chi connectivity index (χ2n) is 4.33. The first-order valence-corrected chi connectivity index (χ1v) is 6.11. The van der Waals surface area contributed by atoms with Crippen LogP contribution in [0.2, 0.25) is 0 Å². The molecule has 0 aliphatic carbocycles. The predicted molar refractivity (Wildman–Crippen MR) is 70.1 cm³/mol. The number of fused-ring (bicyclic) bond motifs is 1. The van der Waals surface area contributed by atoms with Gasteiger partial charge in [-0.15, -0.1) is 5.10 Å². The largest absolute Gasteiger partial charge is 0.356 e. The quantitative estimate of drug-likeness (QED) is 0.784. The second-order valence-corrected chi connectivity index (χ2v) is 4.33. The fourth-order valence-corrected chi connectivity index (χ4v) is 1.84. The van der Waals surface area contributed by atoms with Crippen molar-refractivity contribution in [3.63, 3.8) is 0 Å². The molecule has 0 aliphatic rings. The molecule has 2 radical (unpaired) electrons. The summed E-state index contributed by atoms with van der Waals surface area (Å²) in [4.78, 5) is 12.3. The average molecular weight is 263 g/mol. The summed E-state index contributed by atoms with van der Waals surface area (Å²) in [6.45, 7) is 9.18. The molecule has 102 valence electrons. The van der Waals surface area contributed by atoms with E-state index in [1.807, 2.05) is 6.92 Å². The second kappa shape index (κ2) is 5.48. The molecule has 7 heteroatoms. The molecule has 2 rings (SSSR count). The van der Waals surface area contributed by atoms with Crippen LogP contribution in [-0.4, -0.2) is 30.9 Å². The highest BCUT2D eigenvalue weighted by Crippen LogP contribution is 2.12. The molecule has 2 heterocycles. The number of aromatic nitrogens is 5. The molecule has 0 fully saturated rings. The van der Waals surface area contributed by atoms with Crippen molar-refractivity contribution in [2.45, 2.75) is 32.6 Å². The highest BCUT2D eigenvalue weighted by molar-refractivity contribution is 5.75. The Kier molecular flexibility index (Phi) is 3.94. The van der Waals surface area contributed by atoms with Crippen LogP contribution in [0.1, 0.15) is 19.0 Å². The SMILES string of the molecule is [CH2]C([CH2])OCn1nnc2c(CCC)nn(C)c2c1=O. The van der Waals surface area contributed by atoms with Crippen LogP contribution < -0.4 is 5.56 Å². The first-order chi connectivity index (χ1) is 9.04. The maximum absolute atomic E-state index is 12.3. The van der Waals surface area contributed by atoms with Gasteiger partial charge in [0, 0.05) is 7.05 Å². The molecule has 0 N–H and O–H groups in total. The van der Waals surface area contributed by atoms with Gasteiger partial charge >= 0.3 is 0 Å². The summed E-state index contributed by atoms with van der Waals surface area (Å²) in [7, 11) is 1.72. The third-order valence-corrected chi connectivity index (χ3v) is 2.70. The van der Waals surface area contributed by atoms with Crippen LogP contribution in [0.3, 0.4) is 0 Å². The van der Waals surface area contributed by atoms with Crippen molar-refractivity contribution in [2.75, 3.05) is 0 Å². The van der Waals surface area contributed by atoms with Gasteiger partial charge in [0.2, 0.25) is 0 Å². The molecular formula is C12H17N5O2. The normalized spacial score (nSPS) is 11.6. The van der Waals surface area contributed by atoms with Crippen LogP contribution in [0.15, 0.2) is 4.79 Å². The Morgan fingerprint density at radius 2 is 2.16 bits per heavy atom. The van der Waals surface area contributed by atoms with Gasteiger partial charge in [0.25, 0.3) is 5.56 Å². The van der Waals surface area contributed by atoms with Gasteiger partial charge in [0.1, 0.15) is 12.2 Å². The van der Waals surface area contributed by atoms with Crippen molar-refractivity contribution < 1.29 is 4.74 Å². The number of ether oxygens (including phenoxy) is 1. The Morgan fingerprint density at radius 3 is 2.79 bits per heavy atom. The van der Waals surface area contributed by atoms with E-state index >= 15 is 0 Å². The third-order valence-electron chi connectivity index (χ3n) is 2.70.